The van der Waals surface area contributed by atoms with Crippen LogP contribution in [0, 0.1) is 0 Å². The van der Waals surface area contributed by atoms with Crippen LogP contribution < -0.4 is 15.5 Å². The maximum absolute atomic E-state index is 13.1. The van der Waals surface area contributed by atoms with E-state index in [-0.39, 0.29) is 29.1 Å². The van der Waals surface area contributed by atoms with Crippen molar-refractivity contribution in [1.29, 1.82) is 0 Å². The van der Waals surface area contributed by atoms with Gasteiger partial charge in [-0.2, -0.15) is 13.2 Å². The Bertz CT molecular complexity index is 1490. The van der Waals surface area contributed by atoms with Crippen LogP contribution >= 0.6 is 11.6 Å². The molecule has 0 saturated heterocycles. The Kier molecular flexibility index (Phi) is 7.22. The van der Waals surface area contributed by atoms with E-state index in [9.17, 15) is 37.5 Å². The molecule has 0 aliphatic carbocycles. The molecule has 0 aromatic heterocycles. The molecule has 38 heavy (non-hydrogen) atoms. The highest BCUT2D eigenvalue weighted by atomic mass is 35.5. The van der Waals surface area contributed by atoms with Gasteiger partial charge in [-0.15, -0.1) is 0 Å². The summed E-state index contributed by atoms with van der Waals surface area (Å²) in [6.07, 6.45) is -4.75. The largest absolute Gasteiger partial charge is 0.478 e. The number of aromatic carboxylic acids is 1. The van der Waals surface area contributed by atoms with Crippen LogP contribution in [0.2, 0.25) is 0 Å². The van der Waals surface area contributed by atoms with E-state index in [1.807, 2.05) is 0 Å². The minimum absolute atomic E-state index is 0.0551. The van der Waals surface area contributed by atoms with E-state index in [1.54, 1.807) is 18.2 Å². The van der Waals surface area contributed by atoms with Gasteiger partial charge in [0.25, 0.3) is 11.8 Å². The van der Waals surface area contributed by atoms with Crippen molar-refractivity contribution in [2.75, 3.05) is 15.5 Å². The van der Waals surface area contributed by atoms with Crippen molar-refractivity contribution in [2.24, 2.45) is 0 Å². The Hall–Kier alpha value is -4.64. The number of benzene rings is 3. The number of imide groups is 1. The molecular weight excluding hydrogens is 527 g/mol. The number of para-hydroxylation sites is 1. The standard InChI is InChI=1S/C26H17ClF3N3O5/c27-21-22(24(36)33(23(21)35)17-5-3-4-15(13-17)26(28,29)30)31-16-10-8-14(9-11-16)12-20(34)32-19-7-2-1-6-18(19)25(37)38/h1-11,13,31H,12H2,(H,32,34)(H,37,38). The molecule has 0 atom stereocenters. The Morgan fingerprint density at radius 3 is 2.26 bits per heavy atom. The molecular formula is C26H17ClF3N3O5. The lowest BCUT2D eigenvalue weighted by molar-refractivity contribution is -0.137. The quantitative estimate of drug-likeness (QED) is 0.360. The smallest absolute Gasteiger partial charge is 0.416 e. The second kappa shape index (κ2) is 10.4. The summed E-state index contributed by atoms with van der Waals surface area (Å²) in [4.78, 5) is 49.7. The second-order valence-corrected chi connectivity index (χ2v) is 8.46. The molecule has 0 bridgehead atoms. The number of hydrogen-bond donors (Lipinski definition) is 3. The number of rotatable bonds is 7. The fraction of sp³-hybridized carbons (Fsp3) is 0.0769. The Morgan fingerprint density at radius 1 is 0.921 bits per heavy atom. The van der Waals surface area contributed by atoms with Crippen molar-refractivity contribution in [3.63, 3.8) is 0 Å². The van der Waals surface area contributed by atoms with Crippen molar-refractivity contribution >= 4 is 52.4 Å². The summed E-state index contributed by atoms with van der Waals surface area (Å²) in [5.74, 6) is -3.55. The molecule has 0 fully saturated rings. The van der Waals surface area contributed by atoms with Crippen LogP contribution in [0.1, 0.15) is 21.5 Å². The van der Waals surface area contributed by atoms with Crippen molar-refractivity contribution in [3.8, 4) is 0 Å². The zero-order valence-corrected chi connectivity index (χ0v) is 19.9. The summed E-state index contributed by atoms with van der Waals surface area (Å²) in [5.41, 5.74) is -0.648. The summed E-state index contributed by atoms with van der Waals surface area (Å²) in [5, 5.41) is 14.0. The first-order valence-electron chi connectivity index (χ1n) is 10.9. The molecule has 12 heteroatoms. The van der Waals surface area contributed by atoms with Gasteiger partial charge < -0.3 is 15.7 Å². The van der Waals surface area contributed by atoms with E-state index in [0.717, 1.165) is 12.1 Å². The second-order valence-electron chi connectivity index (χ2n) is 8.08. The van der Waals surface area contributed by atoms with Crippen LogP contribution in [0.3, 0.4) is 0 Å². The van der Waals surface area contributed by atoms with E-state index in [1.165, 1.54) is 36.4 Å². The SMILES string of the molecule is O=C(Cc1ccc(NC2=C(Cl)C(=O)N(c3cccc(C(F)(F)F)c3)C2=O)cc1)Nc1ccccc1C(=O)O. The topological polar surface area (TPSA) is 116 Å². The van der Waals surface area contributed by atoms with Crippen molar-refractivity contribution in [2.45, 2.75) is 12.6 Å². The normalized spacial score (nSPS) is 13.6. The van der Waals surface area contributed by atoms with Crippen LogP contribution in [0.25, 0.3) is 0 Å². The molecule has 3 N–H and O–H groups in total. The Balaban J connectivity index is 1.44. The predicted octanol–water partition coefficient (Wildman–Crippen LogP) is 5.02. The number of hydrogen-bond acceptors (Lipinski definition) is 5. The molecule has 0 spiro atoms. The number of nitrogens with one attached hydrogen (secondary N) is 2. The summed E-state index contributed by atoms with van der Waals surface area (Å²) in [6.45, 7) is 0. The van der Waals surface area contributed by atoms with Crippen LogP contribution in [-0.4, -0.2) is 28.8 Å². The molecule has 0 radical (unpaired) electrons. The highest BCUT2D eigenvalue weighted by molar-refractivity contribution is 6.53. The van der Waals surface area contributed by atoms with Crippen LogP contribution in [0.4, 0.5) is 30.2 Å². The fourth-order valence-corrected chi connectivity index (χ4v) is 3.89. The van der Waals surface area contributed by atoms with Gasteiger partial charge in [-0.25, -0.2) is 9.69 Å². The van der Waals surface area contributed by atoms with Gasteiger partial charge in [0.1, 0.15) is 10.7 Å². The van der Waals surface area contributed by atoms with Gasteiger partial charge in [-0.1, -0.05) is 41.9 Å². The summed E-state index contributed by atoms with van der Waals surface area (Å²) < 4.78 is 39.2. The first-order chi connectivity index (χ1) is 18.0. The highest BCUT2D eigenvalue weighted by Crippen LogP contribution is 2.35. The molecule has 0 unspecified atom stereocenters. The lowest BCUT2D eigenvalue weighted by atomic mass is 10.1. The first-order valence-corrected chi connectivity index (χ1v) is 11.3. The van der Waals surface area contributed by atoms with E-state index in [2.05, 4.69) is 10.6 Å². The van der Waals surface area contributed by atoms with Gasteiger partial charge >= 0.3 is 12.1 Å². The van der Waals surface area contributed by atoms with Crippen molar-refractivity contribution < 1.29 is 37.5 Å². The molecule has 1 aliphatic heterocycles. The maximum atomic E-state index is 13.1. The van der Waals surface area contributed by atoms with Gasteiger partial charge in [0, 0.05) is 5.69 Å². The third kappa shape index (κ3) is 5.52. The number of amides is 3. The summed E-state index contributed by atoms with van der Waals surface area (Å²) >= 11 is 6.05. The van der Waals surface area contributed by atoms with Crippen LogP contribution in [0.5, 0.6) is 0 Å². The molecule has 3 amide bonds. The third-order valence-electron chi connectivity index (χ3n) is 5.48. The fourth-order valence-electron chi connectivity index (χ4n) is 3.68. The zero-order chi connectivity index (χ0) is 27.6. The van der Waals surface area contributed by atoms with E-state index in [0.29, 0.717) is 22.2 Å². The monoisotopic (exact) mass is 543 g/mol. The third-order valence-corrected chi connectivity index (χ3v) is 5.83. The van der Waals surface area contributed by atoms with Crippen molar-refractivity contribution in [3.05, 3.63) is 100 Å². The maximum Gasteiger partial charge on any atom is 0.416 e. The summed E-state index contributed by atoms with van der Waals surface area (Å²) in [7, 11) is 0. The number of alkyl halides is 3. The number of anilines is 3. The lowest BCUT2D eigenvalue weighted by Gasteiger charge is -2.17. The zero-order valence-electron chi connectivity index (χ0n) is 19.2. The lowest BCUT2D eigenvalue weighted by Crippen LogP contribution is -2.32. The molecule has 0 saturated carbocycles. The van der Waals surface area contributed by atoms with E-state index < -0.39 is 40.5 Å². The van der Waals surface area contributed by atoms with Gasteiger partial charge in [0.2, 0.25) is 5.91 Å². The molecule has 3 aromatic rings. The average Bonchev–Trinajstić information content (AvgIpc) is 3.07. The molecule has 1 heterocycles. The van der Waals surface area contributed by atoms with E-state index >= 15 is 0 Å². The Labute approximate surface area is 218 Å². The summed E-state index contributed by atoms with van der Waals surface area (Å²) in [6, 6.07) is 15.9. The number of carbonyl (C=O) groups is 4. The van der Waals surface area contributed by atoms with Gasteiger partial charge in [-0.05, 0) is 48.0 Å². The molecule has 8 nitrogen and oxygen atoms in total. The molecule has 3 aromatic carbocycles. The van der Waals surface area contributed by atoms with Gasteiger partial charge in [0.15, 0.2) is 0 Å². The minimum atomic E-state index is -4.67. The first kappa shape index (κ1) is 26.4. The number of carboxylic acid groups (broad SMARTS) is 1. The number of carbonyl (C=O) groups excluding carboxylic acids is 3. The van der Waals surface area contributed by atoms with Crippen LogP contribution in [0.15, 0.2) is 83.5 Å². The molecule has 1 aliphatic rings. The number of halogens is 4. The van der Waals surface area contributed by atoms with Gasteiger partial charge in [-0.3, -0.25) is 14.4 Å². The minimum Gasteiger partial charge on any atom is -0.478 e. The molecule has 194 valence electrons. The number of nitrogens with zero attached hydrogens (tertiary/aromatic N) is 1. The highest BCUT2D eigenvalue weighted by Gasteiger charge is 2.40. The number of carboxylic acids is 1. The average molecular weight is 544 g/mol. The molecule has 4 rings (SSSR count). The predicted molar refractivity (Wildman–Crippen MR) is 133 cm³/mol. The van der Waals surface area contributed by atoms with Crippen LogP contribution in [-0.2, 0) is 27.0 Å². The Morgan fingerprint density at radius 2 is 1.61 bits per heavy atom. The van der Waals surface area contributed by atoms with Crippen molar-refractivity contribution in [1.82, 2.24) is 0 Å². The van der Waals surface area contributed by atoms with E-state index in [4.69, 9.17) is 11.6 Å². The van der Waals surface area contributed by atoms with Gasteiger partial charge in [0.05, 0.1) is 28.9 Å².